The number of nitro benzene ring substituents is 1. The third-order valence-corrected chi connectivity index (χ3v) is 8.86. The predicted octanol–water partition coefficient (Wildman–Crippen LogP) is 6.15. The van der Waals surface area contributed by atoms with E-state index in [1.54, 1.807) is 34.9 Å². The highest BCUT2D eigenvalue weighted by molar-refractivity contribution is 7.07. The first-order valence-corrected chi connectivity index (χ1v) is 14.4. The summed E-state index contributed by atoms with van der Waals surface area (Å²) in [5.74, 6) is 1.09. The van der Waals surface area contributed by atoms with Gasteiger partial charge in [0.05, 0.1) is 39.9 Å². The van der Waals surface area contributed by atoms with Crippen LogP contribution in [0.1, 0.15) is 34.9 Å². The Morgan fingerprint density at radius 3 is 2.67 bits per heavy atom. The van der Waals surface area contributed by atoms with Gasteiger partial charge in [0.15, 0.2) is 4.80 Å². The maximum Gasteiger partial charge on any atom is 0.284 e. The molecule has 0 amide bonds. The van der Waals surface area contributed by atoms with E-state index in [9.17, 15) is 14.9 Å². The minimum absolute atomic E-state index is 0.136. The molecule has 1 atom stereocenters. The molecule has 3 aromatic carbocycles. The number of aromatic nitrogens is 1. The number of thiazole rings is 1. The third kappa shape index (κ3) is 4.38. The summed E-state index contributed by atoms with van der Waals surface area (Å²) in [6.07, 6.45) is 3.32. The molecule has 0 saturated carbocycles. The number of furan rings is 1. The van der Waals surface area contributed by atoms with Gasteiger partial charge in [0.25, 0.3) is 11.2 Å². The van der Waals surface area contributed by atoms with Gasteiger partial charge in [-0.2, -0.15) is 0 Å². The molecule has 2 aromatic heterocycles. The highest BCUT2D eigenvalue weighted by Gasteiger charge is 2.32. The molecule has 208 valence electrons. The van der Waals surface area contributed by atoms with Crippen LogP contribution in [0.2, 0.25) is 5.02 Å². The zero-order chi connectivity index (χ0) is 29.0. The van der Waals surface area contributed by atoms with Crippen LogP contribution in [0.4, 0.5) is 5.69 Å². The molecule has 5 aromatic rings. The molecule has 1 aliphatic carbocycles. The summed E-state index contributed by atoms with van der Waals surface area (Å²) in [4.78, 5) is 30.8. The largest absolute Gasteiger partial charge is 0.497 e. The van der Waals surface area contributed by atoms with E-state index in [1.807, 2.05) is 36.4 Å². The molecule has 8 nitrogen and oxygen atoms in total. The Kier molecular flexibility index (Phi) is 6.41. The number of halogens is 1. The number of benzene rings is 3. The molecule has 0 fully saturated rings. The lowest BCUT2D eigenvalue weighted by Gasteiger charge is -2.30. The molecule has 0 spiro atoms. The minimum Gasteiger partial charge on any atom is -0.497 e. The Bertz CT molecular complexity index is 2110. The van der Waals surface area contributed by atoms with Crippen LogP contribution in [0, 0.1) is 10.1 Å². The number of methoxy groups -OCH3 is 1. The monoisotopic (exact) mass is 595 g/mol. The van der Waals surface area contributed by atoms with Gasteiger partial charge in [-0.25, -0.2) is 4.99 Å². The Morgan fingerprint density at radius 2 is 1.88 bits per heavy atom. The first-order valence-electron chi connectivity index (χ1n) is 13.2. The smallest absolute Gasteiger partial charge is 0.284 e. The standard InChI is InChI=1S/C32H22ClN3O5S/c1-40-21-11-14-24(26(16-21)36(38)39)27-15-12-22(41-27)17-28-31(37)35-30(19-6-9-20(33)10-7-19)25-13-8-18-4-2-3-5-23(18)29(25)34-32(35)42-28/h2-7,9-12,14-17,30H,8,13H2,1H3/b28-17+/t30-/m1/s1. The second-order valence-electron chi connectivity index (χ2n) is 10.0. The number of hydrogen-bond donors (Lipinski definition) is 0. The van der Waals surface area contributed by atoms with E-state index in [2.05, 4.69) is 12.1 Å². The highest BCUT2D eigenvalue weighted by atomic mass is 35.5. The summed E-state index contributed by atoms with van der Waals surface area (Å²) >= 11 is 7.50. The average Bonchev–Trinajstić information content (AvgIpc) is 3.60. The second-order valence-corrected chi connectivity index (χ2v) is 11.5. The van der Waals surface area contributed by atoms with Crippen LogP contribution in [-0.4, -0.2) is 16.6 Å². The van der Waals surface area contributed by atoms with Crippen LogP contribution in [0.5, 0.6) is 5.75 Å². The quantitative estimate of drug-likeness (QED) is 0.179. The lowest BCUT2D eigenvalue weighted by molar-refractivity contribution is -0.384. The van der Waals surface area contributed by atoms with Crippen molar-refractivity contribution in [2.75, 3.05) is 7.11 Å². The Labute approximate surface area is 248 Å². The van der Waals surface area contributed by atoms with Gasteiger partial charge in [-0.15, -0.1) is 0 Å². The van der Waals surface area contributed by atoms with Crippen molar-refractivity contribution < 1.29 is 14.1 Å². The summed E-state index contributed by atoms with van der Waals surface area (Å²) in [5.41, 5.74) is 5.30. The lowest BCUT2D eigenvalue weighted by Crippen LogP contribution is -2.38. The van der Waals surface area contributed by atoms with E-state index in [0.717, 1.165) is 35.2 Å². The zero-order valence-corrected chi connectivity index (χ0v) is 23.8. The fraction of sp³-hybridized carbons (Fsp3) is 0.125. The van der Waals surface area contributed by atoms with Crippen molar-refractivity contribution in [3.8, 4) is 17.1 Å². The molecule has 0 N–H and O–H groups in total. The topological polar surface area (TPSA) is 99.9 Å². The van der Waals surface area contributed by atoms with Gasteiger partial charge in [-0.05, 0) is 65.9 Å². The van der Waals surface area contributed by atoms with Crippen molar-refractivity contribution in [3.05, 3.63) is 142 Å². The number of ether oxygens (including phenoxy) is 1. The zero-order valence-electron chi connectivity index (χ0n) is 22.2. The maximum absolute atomic E-state index is 14.0. The number of rotatable bonds is 5. The summed E-state index contributed by atoms with van der Waals surface area (Å²) < 4.78 is 13.3. The average molecular weight is 596 g/mol. The number of hydrogen-bond acceptors (Lipinski definition) is 7. The molecule has 0 radical (unpaired) electrons. The molecule has 42 heavy (non-hydrogen) atoms. The van der Waals surface area contributed by atoms with E-state index in [0.29, 0.717) is 37.2 Å². The number of fused-ring (bicyclic) bond motifs is 3. The van der Waals surface area contributed by atoms with Gasteiger partial charge in [0, 0.05) is 16.7 Å². The van der Waals surface area contributed by atoms with E-state index < -0.39 is 4.92 Å². The van der Waals surface area contributed by atoms with Crippen molar-refractivity contribution in [2.45, 2.75) is 18.9 Å². The molecule has 7 rings (SSSR count). The van der Waals surface area contributed by atoms with Crippen LogP contribution < -0.4 is 19.6 Å². The van der Waals surface area contributed by atoms with E-state index in [-0.39, 0.29) is 17.3 Å². The summed E-state index contributed by atoms with van der Waals surface area (Å²) in [5, 5.41) is 12.3. The molecule has 10 heteroatoms. The molecule has 1 aliphatic heterocycles. The van der Waals surface area contributed by atoms with Gasteiger partial charge < -0.3 is 9.15 Å². The fourth-order valence-corrected chi connectivity index (χ4v) is 6.78. The summed E-state index contributed by atoms with van der Waals surface area (Å²) in [6, 6.07) is 23.5. The number of allylic oxidation sites excluding steroid dienone is 1. The fourth-order valence-electron chi connectivity index (χ4n) is 5.67. The van der Waals surface area contributed by atoms with Gasteiger partial charge in [-0.1, -0.05) is 59.3 Å². The minimum atomic E-state index is -0.477. The third-order valence-electron chi connectivity index (χ3n) is 7.63. The lowest BCUT2D eigenvalue weighted by atomic mass is 9.83. The van der Waals surface area contributed by atoms with Crippen LogP contribution in [0.25, 0.3) is 23.1 Å². The van der Waals surface area contributed by atoms with Gasteiger partial charge in [-0.3, -0.25) is 19.5 Å². The first-order chi connectivity index (χ1) is 20.4. The van der Waals surface area contributed by atoms with Gasteiger partial charge in [0.2, 0.25) is 0 Å². The van der Waals surface area contributed by atoms with Crippen molar-refractivity contribution in [3.63, 3.8) is 0 Å². The summed E-state index contributed by atoms with van der Waals surface area (Å²) in [6.45, 7) is 0. The highest BCUT2D eigenvalue weighted by Crippen LogP contribution is 2.41. The van der Waals surface area contributed by atoms with Crippen LogP contribution >= 0.6 is 22.9 Å². The van der Waals surface area contributed by atoms with Crippen molar-refractivity contribution in [1.82, 2.24) is 4.57 Å². The predicted molar refractivity (Wildman–Crippen MR) is 162 cm³/mol. The van der Waals surface area contributed by atoms with Gasteiger partial charge in [0.1, 0.15) is 17.3 Å². The molecule has 0 saturated heterocycles. The molecule has 0 bridgehead atoms. The maximum atomic E-state index is 14.0. The van der Waals surface area contributed by atoms with E-state index in [1.165, 1.54) is 30.1 Å². The number of nitrogens with zero attached hydrogens (tertiary/aromatic N) is 3. The Morgan fingerprint density at radius 1 is 1.07 bits per heavy atom. The van der Waals surface area contributed by atoms with Gasteiger partial charge >= 0.3 is 0 Å². The van der Waals surface area contributed by atoms with Crippen molar-refractivity contribution in [1.29, 1.82) is 0 Å². The first kappa shape index (κ1) is 26.2. The Balaban J connectivity index is 1.37. The van der Waals surface area contributed by atoms with Crippen LogP contribution in [0.15, 0.2) is 98.6 Å². The normalized spacial score (nSPS) is 16.0. The van der Waals surface area contributed by atoms with E-state index in [4.69, 9.17) is 25.7 Å². The molecular formula is C32H22ClN3O5S. The Hall–Kier alpha value is -4.73. The SMILES string of the molecule is COc1ccc(-c2ccc(/C=c3/sc4n(c3=O)[C@H](c3ccc(Cl)cc3)C3=C(N=4)c4ccccc4CC3)o2)c([N+](=O)[O-])c1. The number of aryl methyl sites for hydroxylation is 1. The molecule has 3 heterocycles. The molecule has 0 unspecified atom stereocenters. The molecular weight excluding hydrogens is 574 g/mol. The summed E-state index contributed by atoms with van der Waals surface area (Å²) in [7, 11) is 1.45. The van der Waals surface area contributed by atoms with Crippen LogP contribution in [0.3, 0.4) is 0 Å². The number of nitro groups is 1. The molecule has 2 aliphatic rings. The second kappa shape index (κ2) is 10.3. The van der Waals surface area contributed by atoms with Crippen molar-refractivity contribution in [2.24, 2.45) is 4.99 Å². The van der Waals surface area contributed by atoms with E-state index >= 15 is 0 Å². The van der Waals surface area contributed by atoms with Crippen molar-refractivity contribution >= 4 is 40.4 Å². The van der Waals surface area contributed by atoms with Crippen LogP contribution in [-0.2, 0) is 6.42 Å².